The molecular weight excluding hydrogens is 282 g/mol. The van der Waals surface area contributed by atoms with E-state index >= 15 is 0 Å². The second-order valence-electron chi connectivity index (χ2n) is 4.94. The molecular formula is C18H16ClNO. The Morgan fingerprint density at radius 2 is 1.90 bits per heavy atom. The number of hydrogen-bond donors (Lipinski definition) is 1. The maximum atomic E-state index is 9.46. The second kappa shape index (κ2) is 6.17. The van der Waals surface area contributed by atoms with Gasteiger partial charge in [-0.25, -0.2) is 0 Å². The lowest BCUT2D eigenvalue weighted by atomic mass is 10.2. The van der Waals surface area contributed by atoms with Crippen molar-refractivity contribution in [3.8, 4) is 0 Å². The molecule has 0 saturated heterocycles. The van der Waals surface area contributed by atoms with E-state index in [0.717, 1.165) is 23.0 Å². The van der Waals surface area contributed by atoms with Crippen LogP contribution in [0, 0.1) is 0 Å². The van der Waals surface area contributed by atoms with Gasteiger partial charge in [0.2, 0.25) is 0 Å². The summed E-state index contributed by atoms with van der Waals surface area (Å²) in [6.45, 7) is 0.777. The van der Waals surface area contributed by atoms with Crippen LogP contribution in [0.2, 0.25) is 5.02 Å². The Bertz CT molecular complexity index is 775. The van der Waals surface area contributed by atoms with Gasteiger partial charge in [0.25, 0.3) is 0 Å². The highest BCUT2D eigenvalue weighted by Gasteiger charge is 2.07. The number of aromatic nitrogens is 1. The Morgan fingerprint density at radius 3 is 2.67 bits per heavy atom. The van der Waals surface area contributed by atoms with Crippen molar-refractivity contribution in [3.05, 3.63) is 77.0 Å². The Hall–Kier alpha value is -2.03. The van der Waals surface area contributed by atoms with E-state index in [9.17, 15) is 5.11 Å². The molecule has 1 aromatic heterocycles. The molecule has 3 rings (SSSR count). The van der Waals surface area contributed by atoms with E-state index in [2.05, 4.69) is 28.9 Å². The molecule has 0 spiro atoms. The van der Waals surface area contributed by atoms with Crippen LogP contribution in [-0.4, -0.2) is 9.67 Å². The molecule has 0 radical (unpaired) electrons. The number of hydrogen-bond acceptors (Lipinski definition) is 1. The molecule has 0 aliphatic carbocycles. The minimum absolute atomic E-state index is 0.0352. The first-order valence-corrected chi connectivity index (χ1v) is 7.25. The third-order valence-electron chi connectivity index (χ3n) is 3.51. The van der Waals surface area contributed by atoms with Crippen molar-refractivity contribution in [1.82, 2.24) is 4.57 Å². The number of aliphatic hydroxyl groups is 1. The van der Waals surface area contributed by atoms with E-state index in [0.29, 0.717) is 5.02 Å². The molecule has 0 aliphatic heterocycles. The lowest BCUT2D eigenvalue weighted by Crippen LogP contribution is -1.92. The van der Waals surface area contributed by atoms with Gasteiger partial charge in [0, 0.05) is 28.7 Å². The Morgan fingerprint density at radius 1 is 1.10 bits per heavy atom. The summed E-state index contributed by atoms with van der Waals surface area (Å²) in [5.74, 6) is 0. The predicted molar refractivity (Wildman–Crippen MR) is 88.3 cm³/mol. The summed E-state index contributed by atoms with van der Waals surface area (Å²) in [5, 5.41) is 11.2. The maximum Gasteiger partial charge on any atom is 0.0702 e. The SMILES string of the molecule is OCc1cn(C/C=C/c2ccccc2)c2cc(Cl)ccc12. The van der Waals surface area contributed by atoms with Crippen LogP contribution < -0.4 is 0 Å². The molecule has 0 amide bonds. The van der Waals surface area contributed by atoms with Crippen LogP contribution in [0.3, 0.4) is 0 Å². The number of allylic oxidation sites excluding steroid dienone is 1. The summed E-state index contributed by atoms with van der Waals surface area (Å²) < 4.78 is 2.10. The van der Waals surface area contributed by atoms with Gasteiger partial charge in [-0.1, -0.05) is 60.2 Å². The molecule has 2 nitrogen and oxygen atoms in total. The minimum Gasteiger partial charge on any atom is -0.392 e. The molecule has 0 bridgehead atoms. The standard InChI is InChI=1S/C18H16ClNO/c19-16-8-9-17-15(13-21)12-20(18(17)11-16)10-4-7-14-5-2-1-3-6-14/h1-9,11-12,21H,10,13H2/b7-4+. The number of fused-ring (bicyclic) bond motifs is 1. The normalized spacial score (nSPS) is 11.5. The van der Waals surface area contributed by atoms with Crippen LogP contribution in [0.1, 0.15) is 11.1 Å². The zero-order valence-corrected chi connectivity index (χ0v) is 12.3. The highest BCUT2D eigenvalue weighted by atomic mass is 35.5. The fourth-order valence-electron chi connectivity index (χ4n) is 2.48. The van der Waals surface area contributed by atoms with Crippen LogP contribution in [0.15, 0.2) is 60.8 Å². The van der Waals surface area contributed by atoms with Crippen molar-refractivity contribution < 1.29 is 5.11 Å². The first-order valence-electron chi connectivity index (χ1n) is 6.87. The number of nitrogens with zero attached hydrogens (tertiary/aromatic N) is 1. The highest BCUT2D eigenvalue weighted by Crippen LogP contribution is 2.25. The fourth-order valence-corrected chi connectivity index (χ4v) is 2.65. The monoisotopic (exact) mass is 297 g/mol. The van der Waals surface area contributed by atoms with E-state index in [1.165, 1.54) is 5.56 Å². The number of benzene rings is 2. The summed E-state index contributed by atoms with van der Waals surface area (Å²) in [5.41, 5.74) is 3.15. The van der Waals surface area contributed by atoms with Crippen LogP contribution >= 0.6 is 11.6 Å². The number of halogens is 1. The Labute approximate surface area is 128 Å². The molecule has 3 heteroatoms. The van der Waals surface area contributed by atoms with Crippen molar-refractivity contribution in [3.63, 3.8) is 0 Å². The summed E-state index contributed by atoms with van der Waals surface area (Å²) in [6, 6.07) is 15.9. The average Bonchev–Trinajstić information content (AvgIpc) is 2.86. The van der Waals surface area contributed by atoms with Gasteiger partial charge in [-0.2, -0.15) is 0 Å². The maximum absolute atomic E-state index is 9.46. The van der Waals surface area contributed by atoms with Crippen molar-refractivity contribution in [2.75, 3.05) is 0 Å². The van der Waals surface area contributed by atoms with Gasteiger partial charge in [-0.15, -0.1) is 0 Å². The van der Waals surface area contributed by atoms with Crippen LogP contribution in [-0.2, 0) is 13.2 Å². The number of aliphatic hydroxyl groups excluding tert-OH is 1. The van der Waals surface area contributed by atoms with E-state index in [1.54, 1.807) is 0 Å². The second-order valence-corrected chi connectivity index (χ2v) is 5.38. The molecule has 1 N–H and O–H groups in total. The van der Waals surface area contributed by atoms with Crippen molar-refractivity contribution in [2.24, 2.45) is 0 Å². The van der Waals surface area contributed by atoms with Crippen LogP contribution in [0.4, 0.5) is 0 Å². The van der Waals surface area contributed by atoms with E-state index in [1.807, 2.05) is 42.6 Å². The van der Waals surface area contributed by atoms with Gasteiger partial charge >= 0.3 is 0 Å². The Balaban J connectivity index is 1.90. The van der Waals surface area contributed by atoms with E-state index in [-0.39, 0.29) is 6.61 Å². The van der Waals surface area contributed by atoms with Crippen LogP contribution in [0.25, 0.3) is 17.0 Å². The molecule has 0 fully saturated rings. The summed E-state index contributed by atoms with van der Waals surface area (Å²) in [7, 11) is 0. The molecule has 21 heavy (non-hydrogen) atoms. The minimum atomic E-state index is 0.0352. The molecule has 0 atom stereocenters. The highest BCUT2D eigenvalue weighted by molar-refractivity contribution is 6.31. The van der Waals surface area contributed by atoms with E-state index < -0.39 is 0 Å². The molecule has 3 aromatic rings. The smallest absolute Gasteiger partial charge is 0.0702 e. The topological polar surface area (TPSA) is 25.2 Å². The summed E-state index contributed by atoms with van der Waals surface area (Å²) >= 11 is 6.08. The van der Waals surface area contributed by atoms with Gasteiger partial charge in [0.05, 0.1) is 12.1 Å². The lowest BCUT2D eigenvalue weighted by molar-refractivity contribution is 0.283. The molecule has 106 valence electrons. The summed E-state index contributed by atoms with van der Waals surface area (Å²) in [6.07, 6.45) is 6.18. The molecule has 0 saturated carbocycles. The first kappa shape index (κ1) is 13.9. The Kier molecular flexibility index (Phi) is 4.09. The molecule has 2 aromatic carbocycles. The van der Waals surface area contributed by atoms with Crippen molar-refractivity contribution in [2.45, 2.75) is 13.2 Å². The van der Waals surface area contributed by atoms with Crippen molar-refractivity contribution in [1.29, 1.82) is 0 Å². The van der Waals surface area contributed by atoms with Crippen LogP contribution in [0.5, 0.6) is 0 Å². The number of rotatable bonds is 4. The van der Waals surface area contributed by atoms with Gasteiger partial charge in [-0.05, 0) is 17.7 Å². The quantitative estimate of drug-likeness (QED) is 0.753. The van der Waals surface area contributed by atoms with E-state index in [4.69, 9.17) is 11.6 Å². The predicted octanol–water partition coefficient (Wildman–Crippen LogP) is 4.50. The molecule has 0 aliphatic rings. The molecule has 0 unspecified atom stereocenters. The van der Waals surface area contributed by atoms with Gasteiger partial charge in [0.1, 0.15) is 0 Å². The lowest BCUT2D eigenvalue weighted by Gasteiger charge is -2.01. The third kappa shape index (κ3) is 3.02. The van der Waals surface area contributed by atoms with Gasteiger partial charge in [0.15, 0.2) is 0 Å². The fraction of sp³-hybridized carbons (Fsp3) is 0.111. The zero-order chi connectivity index (χ0) is 14.7. The molecule has 1 heterocycles. The van der Waals surface area contributed by atoms with Crippen molar-refractivity contribution >= 4 is 28.6 Å². The first-order chi connectivity index (χ1) is 10.3. The van der Waals surface area contributed by atoms with Gasteiger partial charge < -0.3 is 9.67 Å². The third-order valence-corrected chi connectivity index (χ3v) is 3.74. The zero-order valence-electron chi connectivity index (χ0n) is 11.5. The largest absolute Gasteiger partial charge is 0.392 e. The van der Waals surface area contributed by atoms with Gasteiger partial charge in [-0.3, -0.25) is 0 Å². The summed E-state index contributed by atoms with van der Waals surface area (Å²) in [4.78, 5) is 0. The average molecular weight is 298 g/mol.